The molecule has 0 saturated carbocycles. The number of rotatable bonds is 10. The van der Waals surface area contributed by atoms with Crippen LogP contribution in [-0.2, 0) is 5.41 Å². The average Bonchev–Trinajstić information content (AvgIpc) is 3.40. The molecule has 5 rings (SSSR count). The van der Waals surface area contributed by atoms with Gasteiger partial charge < -0.3 is 19.2 Å². The molecule has 0 radical (unpaired) electrons. The summed E-state index contributed by atoms with van der Waals surface area (Å²) in [5.41, 5.74) is 3.87. The van der Waals surface area contributed by atoms with Gasteiger partial charge in [0, 0.05) is 16.7 Å². The number of thioether (sulfide) groups is 1. The first-order chi connectivity index (χ1) is 18.9. The standard InChI is InChI=1S/C30H29FN4O3S/c1-30(2,20-11-14-24(36-3)25(17-20)37-4)27-26(19-9-12-21(31)13-10-19)34-29(35-27)39-16-15-38-28-22-7-5-6-8-23(22)32-18-33-28/h5-14,17-18H,15-16H2,1-4H3,(H,34,35). The number of para-hydroxylation sites is 1. The van der Waals surface area contributed by atoms with Crippen molar-refractivity contribution in [3.63, 3.8) is 0 Å². The van der Waals surface area contributed by atoms with Crippen LogP contribution in [0.2, 0.25) is 0 Å². The minimum absolute atomic E-state index is 0.293. The summed E-state index contributed by atoms with van der Waals surface area (Å²) in [7, 11) is 3.24. The zero-order chi connectivity index (χ0) is 27.4. The van der Waals surface area contributed by atoms with Crippen LogP contribution in [0.25, 0.3) is 22.2 Å². The zero-order valence-electron chi connectivity index (χ0n) is 22.2. The number of nitrogens with zero attached hydrogens (tertiary/aromatic N) is 3. The molecule has 0 aliphatic carbocycles. The summed E-state index contributed by atoms with van der Waals surface area (Å²) in [5.74, 6) is 2.22. The third-order valence-corrected chi connectivity index (χ3v) is 7.43. The van der Waals surface area contributed by atoms with Gasteiger partial charge in [0.05, 0.1) is 43.1 Å². The fourth-order valence-corrected chi connectivity index (χ4v) is 5.12. The molecule has 1 N–H and O–H groups in total. The molecule has 3 aromatic carbocycles. The third-order valence-electron chi connectivity index (χ3n) is 6.60. The summed E-state index contributed by atoms with van der Waals surface area (Å²) in [5, 5.41) is 1.62. The highest BCUT2D eigenvalue weighted by Gasteiger charge is 2.31. The first-order valence-corrected chi connectivity index (χ1v) is 13.4. The maximum Gasteiger partial charge on any atom is 0.224 e. The minimum Gasteiger partial charge on any atom is -0.493 e. The lowest BCUT2D eigenvalue weighted by atomic mass is 9.79. The maximum atomic E-state index is 13.7. The van der Waals surface area contributed by atoms with Gasteiger partial charge in [0.1, 0.15) is 12.1 Å². The number of H-pyrrole nitrogens is 1. The summed E-state index contributed by atoms with van der Waals surface area (Å²) in [6.45, 7) is 4.67. The van der Waals surface area contributed by atoms with Crippen LogP contribution in [-0.4, -0.2) is 46.5 Å². The lowest BCUT2D eigenvalue weighted by Crippen LogP contribution is -2.20. The largest absolute Gasteiger partial charge is 0.493 e. The van der Waals surface area contributed by atoms with Gasteiger partial charge >= 0.3 is 0 Å². The van der Waals surface area contributed by atoms with Crippen molar-refractivity contribution in [2.45, 2.75) is 24.4 Å². The number of hydrogen-bond acceptors (Lipinski definition) is 7. The Labute approximate surface area is 230 Å². The van der Waals surface area contributed by atoms with Crippen LogP contribution in [0.15, 0.2) is 78.2 Å². The number of aromatic nitrogens is 4. The summed E-state index contributed by atoms with van der Waals surface area (Å²) in [6, 6.07) is 20.0. The molecule has 2 aromatic heterocycles. The minimum atomic E-state index is -0.481. The predicted octanol–water partition coefficient (Wildman–Crippen LogP) is 6.67. The number of fused-ring (bicyclic) bond motifs is 1. The summed E-state index contributed by atoms with van der Waals surface area (Å²) in [6.07, 6.45) is 1.51. The van der Waals surface area contributed by atoms with Crippen LogP contribution in [0.5, 0.6) is 17.4 Å². The van der Waals surface area contributed by atoms with Gasteiger partial charge in [-0.15, -0.1) is 0 Å². The van der Waals surface area contributed by atoms with Crippen LogP contribution in [0.1, 0.15) is 25.1 Å². The molecule has 0 atom stereocenters. The molecule has 9 heteroatoms. The number of ether oxygens (including phenoxy) is 3. The highest BCUT2D eigenvalue weighted by Crippen LogP contribution is 2.41. The molecule has 0 spiro atoms. The second-order valence-electron chi connectivity index (χ2n) is 9.36. The van der Waals surface area contributed by atoms with Gasteiger partial charge in [-0.3, -0.25) is 0 Å². The van der Waals surface area contributed by atoms with Crippen molar-refractivity contribution in [3.8, 4) is 28.6 Å². The third kappa shape index (κ3) is 5.54. The van der Waals surface area contributed by atoms with E-state index in [1.54, 1.807) is 38.1 Å². The van der Waals surface area contributed by atoms with Gasteiger partial charge in [-0.25, -0.2) is 19.3 Å². The Hall–Kier alpha value is -4.11. The van der Waals surface area contributed by atoms with Gasteiger partial charge in [0.2, 0.25) is 5.88 Å². The molecule has 0 aliphatic heterocycles. The van der Waals surface area contributed by atoms with E-state index in [0.717, 1.165) is 38.6 Å². The Morgan fingerprint density at radius 2 is 1.69 bits per heavy atom. The molecule has 0 unspecified atom stereocenters. The normalized spacial score (nSPS) is 11.5. The monoisotopic (exact) mass is 544 g/mol. The van der Waals surface area contributed by atoms with Gasteiger partial charge in [-0.1, -0.05) is 43.8 Å². The first kappa shape index (κ1) is 26.5. The van der Waals surface area contributed by atoms with E-state index in [2.05, 4.69) is 28.8 Å². The van der Waals surface area contributed by atoms with Crippen LogP contribution >= 0.6 is 11.8 Å². The fraction of sp³-hybridized carbons (Fsp3) is 0.233. The Morgan fingerprint density at radius 3 is 2.46 bits per heavy atom. The molecule has 5 aromatic rings. The van der Waals surface area contributed by atoms with Gasteiger partial charge in [0.15, 0.2) is 16.7 Å². The van der Waals surface area contributed by atoms with Gasteiger partial charge in [-0.2, -0.15) is 0 Å². The Balaban J connectivity index is 1.41. The Bertz CT molecular complexity index is 1580. The second-order valence-corrected chi connectivity index (χ2v) is 10.4. The quantitative estimate of drug-likeness (QED) is 0.155. The highest BCUT2D eigenvalue weighted by atomic mass is 32.2. The van der Waals surface area contributed by atoms with Crippen molar-refractivity contribution in [2.75, 3.05) is 26.6 Å². The lowest BCUT2D eigenvalue weighted by molar-refractivity contribution is 0.334. The van der Waals surface area contributed by atoms with Crippen molar-refractivity contribution in [3.05, 3.63) is 90.1 Å². The molecule has 0 bridgehead atoms. The molecule has 200 valence electrons. The topological polar surface area (TPSA) is 82.2 Å². The van der Waals surface area contributed by atoms with Crippen LogP contribution in [0.3, 0.4) is 0 Å². The number of hydrogen-bond donors (Lipinski definition) is 1. The number of aromatic amines is 1. The predicted molar refractivity (Wildman–Crippen MR) is 151 cm³/mol. The fourth-order valence-electron chi connectivity index (χ4n) is 4.43. The summed E-state index contributed by atoms with van der Waals surface area (Å²) < 4.78 is 30.7. The Morgan fingerprint density at radius 1 is 0.923 bits per heavy atom. The number of methoxy groups -OCH3 is 2. The highest BCUT2D eigenvalue weighted by molar-refractivity contribution is 7.99. The zero-order valence-corrected chi connectivity index (χ0v) is 23.0. The van der Waals surface area contributed by atoms with E-state index < -0.39 is 5.41 Å². The molecule has 0 saturated heterocycles. The average molecular weight is 545 g/mol. The van der Waals surface area contributed by atoms with Crippen molar-refractivity contribution in [1.82, 2.24) is 19.9 Å². The number of nitrogens with one attached hydrogen (secondary N) is 1. The van der Waals surface area contributed by atoms with E-state index in [0.29, 0.717) is 29.7 Å². The Kier molecular flexibility index (Phi) is 7.70. The SMILES string of the molecule is COc1ccc(C(C)(C)c2[nH]c(SCCOc3ncnc4ccccc34)nc2-c2ccc(F)cc2)cc1OC. The van der Waals surface area contributed by atoms with E-state index in [4.69, 9.17) is 19.2 Å². The molecule has 7 nitrogen and oxygen atoms in total. The van der Waals surface area contributed by atoms with E-state index in [1.807, 2.05) is 42.5 Å². The lowest BCUT2D eigenvalue weighted by Gasteiger charge is -2.26. The number of halogens is 1. The van der Waals surface area contributed by atoms with Gasteiger partial charge in [-0.05, 0) is 54.1 Å². The van der Waals surface area contributed by atoms with E-state index in [9.17, 15) is 4.39 Å². The van der Waals surface area contributed by atoms with Crippen LogP contribution in [0, 0.1) is 5.82 Å². The van der Waals surface area contributed by atoms with Crippen molar-refractivity contribution in [1.29, 1.82) is 0 Å². The molecule has 39 heavy (non-hydrogen) atoms. The molecule has 0 fully saturated rings. The first-order valence-electron chi connectivity index (χ1n) is 12.4. The summed E-state index contributed by atoms with van der Waals surface area (Å²) in [4.78, 5) is 17.0. The van der Waals surface area contributed by atoms with Crippen LogP contribution in [0.4, 0.5) is 4.39 Å². The van der Waals surface area contributed by atoms with Crippen molar-refractivity contribution < 1.29 is 18.6 Å². The van der Waals surface area contributed by atoms with E-state index in [-0.39, 0.29) is 5.82 Å². The van der Waals surface area contributed by atoms with Crippen molar-refractivity contribution >= 4 is 22.7 Å². The molecule has 0 amide bonds. The maximum absolute atomic E-state index is 13.7. The molecule has 0 aliphatic rings. The number of benzene rings is 3. The summed E-state index contributed by atoms with van der Waals surface area (Å²) >= 11 is 1.55. The van der Waals surface area contributed by atoms with Crippen LogP contribution < -0.4 is 14.2 Å². The second kappa shape index (κ2) is 11.3. The van der Waals surface area contributed by atoms with Crippen molar-refractivity contribution in [2.24, 2.45) is 0 Å². The van der Waals surface area contributed by atoms with E-state index >= 15 is 0 Å². The van der Waals surface area contributed by atoms with Gasteiger partial charge in [0.25, 0.3) is 0 Å². The van der Waals surface area contributed by atoms with E-state index in [1.165, 1.54) is 18.5 Å². The molecular weight excluding hydrogens is 515 g/mol. The smallest absolute Gasteiger partial charge is 0.224 e. The number of imidazole rings is 1. The molecule has 2 heterocycles. The molecular formula is C30H29FN4O3S.